The van der Waals surface area contributed by atoms with Gasteiger partial charge in [-0.15, -0.1) is 0 Å². The molecule has 1 aliphatic rings. The molecule has 1 saturated heterocycles. The van der Waals surface area contributed by atoms with E-state index in [-0.39, 0.29) is 11.6 Å². The van der Waals surface area contributed by atoms with Crippen molar-refractivity contribution < 1.29 is 9.18 Å². The van der Waals surface area contributed by atoms with Crippen LogP contribution in [0.3, 0.4) is 0 Å². The number of hydrogen-bond acceptors (Lipinski definition) is 2. The van der Waals surface area contributed by atoms with Crippen molar-refractivity contribution in [3.8, 4) is 0 Å². The van der Waals surface area contributed by atoms with Crippen LogP contribution in [0.15, 0.2) is 22.7 Å². The van der Waals surface area contributed by atoms with Gasteiger partial charge in [0.1, 0.15) is 5.82 Å². The van der Waals surface area contributed by atoms with Gasteiger partial charge in [0.2, 0.25) is 5.91 Å². The summed E-state index contributed by atoms with van der Waals surface area (Å²) in [5.41, 5.74) is -0.191. The predicted octanol–water partition coefficient (Wildman–Crippen LogP) is 2.92. The lowest BCUT2D eigenvalue weighted by Gasteiger charge is -2.25. The van der Waals surface area contributed by atoms with Crippen LogP contribution in [-0.2, 0) is 4.79 Å². The summed E-state index contributed by atoms with van der Waals surface area (Å²) in [5.74, 6) is -0.532. The van der Waals surface area contributed by atoms with E-state index >= 15 is 0 Å². The molecular formula is C13H16BrFN2O. The van der Waals surface area contributed by atoms with Gasteiger partial charge in [0.25, 0.3) is 0 Å². The molecule has 0 bridgehead atoms. The van der Waals surface area contributed by atoms with Gasteiger partial charge < -0.3 is 10.6 Å². The average Bonchev–Trinajstić information content (AvgIpc) is 2.84. The Kier molecular flexibility index (Phi) is 4.02. The number of para-hydroxylation sites is 1. The van der Waals surface area contributed by atoms with Crippen LogP contribution in [0.25, 0.3) is 0 Å². The molecule has 1 heterocycles. The lowest BCUT2D eigenvalue weighted by Crippen LogP contribution is -2.37. The zero-order valence-electron chi connectivity index (χ0n) is 10.2. The zero-order chi connectivity index (χ0) is 13.2. The quantitative estimate of drug-likeness (QED) is 0.900. The maximum absolute atomic E-state index is 13.7. The average molecular weight is 315 g/mol. The summed E-state index contributed by atoms with van der Waals surface area (Å²) in [5, 5.41) is 5.91. The minimum atomic E-state index is -0.421. The van der Waals surface area contributed by atoms with E-state index in [0.29, 0.717) is 11.0 Å². The van der Waals surface area contributed by atoms with Crippen LogP contribution >= 0.6 is 15.9 Å². The molecule has 0 aromatic heterocycles. The highest BCUT2D eigenvalue weighted by molar-refractivity contribution is 9.10. The standard InChI is InChI=1S/C13H16BrFN2O/c1-2-13(6-7-16-8-13)12(18)17-11-9(14)4-3-5-10(11)15/h3-5,16H,2,6-8H2,1H3,(H,17,18). The minimum Gasteiger partial charge on any atom is -0.322 e. The number of carbonyl (C=O) groups is 1. The molecule has 98 valence electrons. The van der Waals surface area contributed by atoms with Gasteiger partial charge in [-0.2, -0.15) is 0 Å². The third-order valence-electron chi connectivity index (χ3n) is 3.60. The number of halogens is 2. The van der Waals surface area contributed by atoms with E-state index in [2.05, 4.69) is 26.6 Å². The number of rotatable bonds is 3. The second kappa shape index (κ2) is 5.36. The van der Waals surface area contributed by atoms with Gasteiger partial charge in [-0.1, -0.05) is 13.0 Å². The highest BCUT2D eigenvalue weighted by atomic mass is 79.9. The number of benzene rings is 1. The van der Waals surface area contributed by atoms with Gasteiger partial charge in [-0.05, 0) is 47.4 Å². The molecule has 3 nitrogen and oxygen atoms in total. The lowest BCUT2D eigenvalue weighted by molar-refractivity contribution is -0.124. The molecule has 1 unspecified atom stereocenters. The molecule has 2 rings (SSSR count). The molecule has 0 spiro atoms. The van der Waals surface area contributed by atoms with Gasteiger partial charge in [0, 0.05) is 11.0 Å². The van der Waals surface area contributed by atoms with Gasteiger partial charge in [0.05, 0.1) is 11.1 Å². The van der Waals surface area contributed by atoms with Crippen LogP contribution < -0.4 is 10.6 Å². The fourth-order valence-corrected chi connectivity index (χ4v) is 2.70. The van der Waals surface area contributed by atoms with Crippen LogP contribution in [0.4, 0.5) is 10.1 Å². The Morgan fingerprint density at radius 1 is 1.61 bits per heavy atom. The Morgan fingerprint density at radius 2 is 2.39 bits per heavy atom. The fourth-order valence-electron chi connectivity index (χ4n) is 2.26. The predicted molar refractivity (Wildman–Crippen MR) is 72.9 cm³/mol. The van der Waals surface area contributed by atoms with Crippen LogP contribution in [0.1, 0.15) is 19.8 Å². The van der Waals surface area contributed by atoms with Crippen LogP contribution in [-0.4, -0.2) is 19.0 Å². The smallest absolute Gasteiger partial charge is 0.232 e. The van der Waals surface area contributed by atoms with E-state index in [1.165, 1.54) is 6.07 Å². The Hall–Kier alpha value is -0.940. The molecule has 0 aliphatic carbocycles. The van der Waals surface area contributed by atoms with Crippen molar-refractivity contribution in [3.05, 3.63) is 28.5 Å². The Labute approximate surface area is 114 Å². The fraction of sp³-hybridized carbons (Fsp3) is 0.462. The summed E-state index contributed by atoms with van der Waals surface area (Å²) >= 11 is 3.25. The lowest BCUT2D eigenvalue weighted by atomic mass is 9.83. The van der Waals surface area contributed by atoms with Crippen LogP contribution in [0.2, 0.25) is 0 Å². The molecule has 1 aliphatic heterocycles. The Balaban J connectivity index is 2.21. The van der Waals surface area contributed by atoms with E-state index in [0.717, 1.165) is 19.4 Å². The molecule has 1 atom stereocenters. The summed E-state index contributed by atoms with van der Waals surface area (Å²) < 4.78 is 14.2. The van der Waals surface area contributed by atoms with Crippen LogP contribution in [0.5, 0.6) is 0 Å². The van der Waals surface area contributed by atoms with E-state index in [1.807, 2.05) is 6.92 Å². The van der Waals surface area contributed by atoms with E-state index < -0.39 is 11.2 Å². The first kappa shape index (κ1) is 13.5. The summed E-state index contributed by atoms with van der Waals surface area (Å²) in [6, 6.07) is 4.65. The second-order valence-electron chi connectivity index (χ2n) is 4.61. The zero-order valence-corrected chi connectivity index (χ0v) is 11.8. The van der Waals surface area contributed by atoms with Crippen molar-refractivity contribution >= 4 is 27.5 Å². The molecular weight excluding hydrogens is 299 g/mol. The van der Waals surface area contributed by atoms with Crippen molar-refractivity contribution in [2.45, 2.75) is 19.8 Å². The van der Waals surface area contributed by atoms with Crippen molar-refractivity contribution in [3.63, 3.8) is 0 Å². The van der Waals surface area contributed by atoms with E-state index in [9.17, 15) is 9.18 Å². The molecule has 2 N–H and O–H groups in total. The maximum Gasteiger partial charge on any atom is 0.232 e. The van der Waals surface area contributed by atoms with Gasteiger partial charge in [-0.3, -0.25) is 4.79 Å². The van der Waals surface area contributed by atoms with Gasteiger partial charge in [0.15, 0.2) is 0 Å². The molecule has 1 fully saturated rings. The summed E-state index contributed by atoms with van der Waals surface area (Å²) in [4.78, 5) is 12.3. The molecule has 0 saturated carbocycles. The molecule has 18 heavy (non-hydrogen) atoms. The van der Waals surface area contributed by atoms with Crippen molar-refractivity contribution in [1.82, 2.24) is 5.32 Å². The van der Waals surface area contributed by atoms with Crippen LogP contribution in [0, 0.1) is 11.2 Å². The number of hydrogen-bond donors (Lipinski definition) is 2. The molecule has 0 radical (unpaired) electrons. The number of anilines is 1. The monoisotopic (exact) mass is 314 g/mol. The highest BCUT2D eigenvalue weighted by Gasteiger charge is 2.39. The number of amides is 1. The SMILES string of the molecule is CCC1(C(=O)Nc2c(F)cccc2Br)CCNC1. The highest BCUT2D eigenvalue weighted by Crippen LogP contribution is 2.33. The minimum absolute atomic E-state index is 0.110. The van der Waals surface area contributed by atoms with Crippen molar-refractivity contribution in [1.29, 1.82) is 0 Å². The third-order valence-corrected chi connectivity index (χ3v) is 4.26. The van der Waals surface area contributed by atoms with Crippen molar-refractivity contribution in [2.75, 3.05) is 18.4 Å². The maximum atomic E-state index is 13.7. The topological polar surface area (TPSA) is 41.1 Å². The second-order valence-corrected chi connectivity index (χ2v) is 5.47. The molecule has 1 aromatic rings. The first-order valence-corrected chi connectivity index (χ1v) is 6.84. The summed E-state index contributed by atoms with van der Waals surface area (Å²) in [6.45, 7) is 3.48. The molecule has 1 amide bonds. The van der Waals surface area contributed by atoms with Gasteiger partial charge >= 0.3 is 0 Å². The Bertz CT molecular complexity index is 438. The van der Waals surface area contributed by atoms with E-state index in [4.69, 9.17) is 0 Å². The number of nitrogens with one attached hydrogen (secondary N) is 2. The molecule has 1 aromatic carbocycles. The number of carbonyl (C=O) groups excluding carboxylic acids is 1. The van der Waals surface area contributed by atoms with Gasteiger partial charge in [-0.25, -0.2) is 4.39 Å². The summed E-state index contributed by atoms with van der Waals surface area (Å²) in [7, 11) is 0. The normalized spacial score (nSPS) is 23.1. The third kappa shape index (κ3) is 2.42. The first-order chi connectivity index (χ1) is 8.59. The first-order valence-electron chi connectivity index (χ1n) is 6.05. The largest absolute Gasteiger partial charge is 0.322 e. The molecule has 5 heteroatoms. The van der Waals surface area contributed by atoms with E-state index in [1.54, 1.807) is 12.1 Å². The summed E-state index contributed by atoms with van der Waals surface area (Å²) in [6.07, 6.45) is 1.54. The Morgan fingerprint density at radius 3 is 2.94 bits per heavy atom. The van der Waals surface area contributed by atoms with Crippen molar-refractivity contribution in [2.24, 2.45) is 5.41 Å².